The third kappa shape index (κ3) is 4.28. The molecule has 1 amide bonds. The van der Waals surface area contributed by atoms with Crippen LogP contribution in [-0.2, 0) is 11.3 Å². The van der Waals surface area contributed by atoms with Gasteiger partial charge in [-0.25, -0.2) is 4.79 Å². The van der Waals surface area contributed by atoms with E-state index in [4.69, 9.17) is 11.6 Å². The molecule has 0 aliphatic heterocycles. The molecule has 1 aromatic heterocycles. The highest BCUT2D eigenvalue weighted by Gasteiger charge is 2.14. The Morgan fingerprint density at radius 1 is 1.19 bits per heavy atom. The first-order valence-corrected chi connectivity index (χ1v) is 9.14. The fraction of sp³-hybridized carbons (Fsp3) is 0.250. The van der Waals surface area contributed by atoms with Crippen molar-refractivity contribution >= 4 is 28.4 Å². The summed E-state index contributed by atoms with van der Waals surface area (Å²) >= 11 is 6.03. The monoisotopic (exact) mass is 385 g/mol. The third-order valence-corrected chi connectivity index (χ3v) is 4.70. The van der Waals surface area contributed by atoms with E-state index in [1.54, 1.807) is 30.3 Å². The second-order valence-electron chi connectivity index (χ2n) is 6.26. The summed E-state index contributed by atoms with van der Waals surface area (Å²) < 4.78 is 1.41. The number of hydrogen-bond donors (Lipinski definition) is 2. The van der Waals surface area contributed by atoms with Gasteiger partial charge in [-0.05, 0) is 36.2 Å². The van der Waals surface area contributed by atoms with Crippen molar-refractivity contribution in [2.24, 2.45) is 0 Å². The van der Waals surface area contributed by atoms with Crippen molar-refractivity contribution in [3.05, 3.63) is 80.0 Å². The molecule has 0 saturated heterocycles. The zero-order valence-corrected chi connectivity index (χ0v) is 15.6. The van der Waals surface area contributed by atoms with Crippen molar-refractivity contribution in [3.63, 3.8) is 0 Å². The molecule has 1 heterocycles. The van der Waals surface area contributed by atoms with Crippen LogP contribution in [0.1, 0.15) is 31.4 Å². The summed E-state index contributed by atoms with van der Waals surface area (Å²) in [7, 11) is 0. The number of aromatic amines is 1. The largest absolute Gasteiger partial charge is 0.349 e. The van der Waals surface area contributed by atoms with Gasteiger partial charge in [-0.1, -0.05) is 42.8 Å². The van der Waals surface area contributed by atoms with Crippen LogP contribution < -0.4 is 16.6 Å². The van der Waals surface area contributed by atoms with Gasteiger partial charge in [0.2, 0.25) is 5.91 Å². The van der Waals surface area contributed by atoms with Crippen LogP contribution in [-0.4, -0.2) is 15.5 Å². The lowest BCUT2D eigenvalue weighted by Crippen LogP contribution is -2.33. The number of aromatic nitrogens is 2. The highest BCUT2D eigenvalue weighted by molar-refractivity contribution is 6.30. The quantitative estimate of drug-likeness (QED) is 0.684. The van der Waals surface area contributed by atoms with Crippen LogP contribution >= 0.6 is 11.6 Å². The number of H-pyrrole nitrogens is 1. The first-order valence-electron chi connectivity index (χ1n) is 8.76. The standard InChI is InChI=1S/C20H20ClN3O3/c1-2-16(13-6-5-7-14(21)12-13)22-18(25)10-11-24-17-9-4-3-8-15(17)19(26)23-20(24)27/h3-9,12,16H,2,10-11H2,1H3,(H,22,25)(H,23,26,27)/t16-/m1/s1. The van der Waals surface area contributed by atoms with Crippen molar-refractivity contribution in [3.8, 4) is 0 Å². The Kier molecular flexibility index (Phi) is 5.76. The predicted molar refractivity (Wildman–Crippen MR) is 106 cm³/mol. The Labute approximate surface area is 160 Å². The third-order valence-electron chi connectivity index (χ3n) is 4.46. The van der Waals surface area contributed by atoms with E-state index >= 15 is 0 Å². The molecule has 3 aromatic rings. The van der Waals surface area contributed by atoms with E-state index in [2.05, 4.69) is 10.3 Å². The maximum atomic E-state index is 12.4. The minimum absolute atomic E-state index is 0.118. The van der Waals surface area contributed by atoms with E-state index in [1.165, 1.54) is 4.57 Å². The van der Waals surface area contributed by atoms with Gasteiger partial charge in [0.15, 0.2) is 0 Å². The average Bonchev–Trinajstić information content (AvgIpc) is 2.66. The zero-order valence-electron chi connectivity index (χ0n) is 14.9. The number of carbonyl (C=O) groups excluding carboxylic acids is 1. The van der Waals surface area contributed by atoms with Gasteiger partial charge in [-0.2, -0.15) is 0 Å². The number of carbonyl (C=O) groups is 1. The number of benzene rings is 2. The maximum Gasteiger partial charge on any atom is 0.328 e. The second-order valence-corrected chi connectivity index (χ2v) is 6.70. The molecule has 0 unspecified atom stereocenters. The molecule has 2 aromatic carbocycles. The second kappa shape index (κ2) is 8.22. The summed E-state index contributed by atoms with van der Waals surface area (Å²) in [6.07, 6.45) is 0.834. The average molecular weight is 386 g/mol. The van der Waals surface area contributed by atoms with Gasteiger partial charge in [0.05, 0.1) is 16.9 Å². The highest BCUT2D eigenvalue weighted by atomic mass is 35.5. The molecule has 0 fully saturated rings. The minimum Gasteiger partial charge on any atom is -0.349 e. The summed E-state index contributed by atoms with van der Waals surface area (Å²) in [6.45, 7) is 2.15. The van der Waals surface area contributed by atoms with E-state index in [-0.39, 0.29) is 24.9 Å². The first kappa shape index (κ1) is 18.9. The summed E-state index contributed by atoms with van der Waals surface area (Å²) in [5.74, 6) is -0.177. The number of rotatable bonds is 6. The smallest absolute Gasteiger partial charge is 0.328 e. The number of hydrogen-bond acceptors (Lipinski definition) is 3. The van der Waals surface area contributed by atoms with Crippen LogP contribution in [0.15, 0.2) is 58.1 Å². The van der Waals surface area contributed by atoms with Crippen LogP contribution in [0.5, 0.6) is 0 Å². The Hall–Kier alpha value is -2.86. The molecule has 6 nitrogen and oxygen atoms in total. The van der Waals surface area contributed by atoms with Crippen LogP contribution in [0.4, 0.5) is 0 Å². The van der Waals surface area contributed by atoms with E-state index in [9.17, 15) is 14.4 Å². The van der Waals surface area contributed by atoms with E-state index in [0.29, 0.717) is 22.3 Å². The van der Waals surface area contributed by atoms with E-state index in [0.717, 1.165) is 5.56 Å². The van der Waals surface area contributed by atoms with Crippen molar-refractivity contribution in [1.82, 2.24) is 14.9 Å². The Morgan fingerprint density at radius 3 is 2.70 bits per heavy atom. The molecule has 2 N–H and O–H groups in total. The SMILES string of the molecule is CC[C@@H](NC(=O)CCn1c(=O)[nH]c(=O)c2ccccc21)c1cccc(Cl)c1. The predicted octanol–water partition coefficient (Wildman–Crippen LogP) is 3.00. The fourth-order valence-corrected chi connectivity index (χ4v) is 3.29. The molecule has 0 radical (unpaired) electrons. The number of fused-ring (bicyclic) bond motifs is 1. The molecule has 0 aliphatic carbocycles. The maximum absolute atomic E-state index is 12.4. The molecule has 0 spiro atoms. The Morgan fingerprint density at radius 2 is 1.96 bits per heavy atom. The number of nitrogens with one attached hydrogen (secondary N) is 2. The van der Waals surface area contributed by atoms with E-state index in [1.807, 2.05) is 25.1 Å². The lowest BCUT2D eigenvalue weighted by atomic mass is 10.0. The van der Waals surface area contributed by atoms with Gasteiger partial charge < -0.3 is 5.32 Å². The summed E-state index contributed by atoms with van der Waals surface area (Å²) in [6, 6.07) is 14.1. The number of para-hydroxylation sites is 1. The van der Waals surface area contributed by atoms with Crippen LogP contribution in [0.2, 0.25) is 5.02 Å². The fourth-order valence-electron chi connectivity index (χ4n) is 3.09. The van der Waals surface area contributed by atoms with Crippen molar-refractivity contribution in [2.45, 2.75) is 32.4 Å². The van der Waals surface area contributed by atoms with Crippen molar-refractivity contribution in [2.75, 3.05) is 0 Å². The normalized spacial score (nSPS) is 12.1. The molecular weight excluding hydrogens is 366 g/mol. The number of aryl methyl sites for hydroxylation is 1. The van der Waals surface area contributed by atoms with Crippen LogP contribution in [0, 0.1) is 0 Å². The van der Waals surface area contributed by atoms with Crippen molar-refractivity contribution < 1.29 is 4.79 Å². The highest BCUT2D eigenvalue weighted by Crippen LogP contribution is 2.20. The molecule has 27 heavy (non-hydrogen) atoms. The van der Waals surface area contributed by atoms with Gasteiger partial charge >= 0.3 is 5.69 Å². The summed E-state index contributed by atoms with van der Waals surface area (Å²) in [5.41, 5.74) is 0.502. The van der Waals surface area contributed by atoms with E-state index < -0.39 is 11.2 Å². The van der Waals surface area contributed by atoms with Gasteiger partial charge in [0, 0.05) is 18.0 Å². The van der Waals surface area contributed by atoms with Crippen LogP contribution in [0.25, 0.3) is 10.9 Å². The molecule has 3 rings (SSSR count). The zero-order chi connectivity index (χ0) is 19.4. The van der Waals surface area contributed by atoms with Gasteiger partial charge in [0.1, 0.15) is 0 Å². The van der Waals surface area contributed by atoms with Gasteiger partial charge in [0.25, 0.3) is 5.56 Å². The number of halogens is 1. The summed E-state index contributed by atoms with van der Waals surface area (Å²) in [5, 5.41) is 4.01. The Balaban J connectivity index is 1.75. The number of amides is 1. The lowest BCUT2D eigenvalue weighted by molar-refractivity contribution is -0.122. The molecule has 1 atom stereocenters. The van der Waals surface area contributed by atoms with Crippen LogP contribution in [0.3, 0.4) is 0 Å². The van der Waals surface area contributed by atoms with Gasteiger partial charge in [-0.3, -0.25) is 19.1 Å². The number of nitrogens with zero attached hydrogens (tertiary/aromatic N) is 1. The molecule has 0 saturated carbocycles. The van der Waals surface area contributed by atoms with Gasteiger partial charge in [-0.15, -0.1) is 0 Å². The topological polar surface area (TPSA) is 84.0 Å². The molecular formula is C20H20ClN3O3. The Bertz CT molecular complexity index is 1090. The molecule has 0 aliphatic rings. The molecule has 0 bridgehead atoms. The minimum atomic E-state index is -0.520. The molecule has 140 valence electrons. The first-order chi connectivity index (χ1) is 13.0. The lowest BCUT2D eigenvalue weighted by Gasteiger charge is -2.18. The van der Waals surface area contributed by atoms with Crippen molar-refractivity contribution in [1.29, 1.82) is 0 Å². The summed E-state index contributed by atoms with van der Waals surface area (Å²) in [4.78, 5) is 38.8. The molecule has 7 heteroatoms.